The van der Waals surface area contributed by atoms with E-state index in [-0.39, 0.29) is 5.97 Å². The lowest BCUT2D eigenvalue weighted by atomic mass is 10.3. The van der Waals surface area contributed by atoms with Crippen LogP contribution in [0.4, 0.5) is 0 Å². The zero-order valence-corrected chi connectivity index (χ0v) is 4.94. The van der Waals surface area contributed by atoms with Gasteiger partial charge in [0.25, 0.3) is 0 Å². The molecule has 0 bridgehead atoms. The molecule has 0 aliphatic carbocycles. The number of carbonyl (C=O) groups excluding carboxylic acids is 1. The number of cyclic esters (lactones) is 1. The van der Waals surface area contributed by atoms with Crippen molar-refractivity contribution in [3.8, 4) is 0 Å². The van der Waals surface area contributed by atoms with Gasteiger partial charge < -0.3 is 4.74 Å². The summed E-state index contributed by atoms with van der Waals surface area (Å²) in [5.41, 5.74) is -0.0139. The smallest absolute Gasteiger partial charge is 0.335 e. The van der Waals surface area contributed by atoms with Crippen LogP contribution in [0, 0.1) is 0 Å². The number of rotatable bonds is 0. The van der Waals surface area contributed by atoms with E-state index in [4.69, 9.17) is 11.6 Å². The first-order valence-corrected chi connectivity index (χ1v) is 2.66. The van der Waals surface area contributed by atoms with Gasteiger partial charge in [-0.25, -0.2) is 4.79 Å². The molecule has 1 aliphatic rings. The summed E-state index contributed by atoms with van der Waals surface area (Å²) in [4.78, 5) is 10.4. The first-order chi connectivity index (χ1) is 3.70. The maximum atomic E-state index is 10.4. The largest absolute Gasteiger partial charge is 0.442 e. The van der Waals surface area contributed by atoms with E-state index >= 15 is 0 Å². The van der Waals surface area contributed by atoms with Gasteiger partial charge in [-0.05, 0) is 0 Å². The molecule has 1 fully saturated rings. The summed E-state index contributed by atoms with van der Waals surface area (Å²) in [5, 5.41) is 0. The minimum Gasteiger partial charge on any atom is -0.442 e. The van der Waals surface area contributed by atoms with Crippen LogP contribution in [-0.2, 0) is 9.53 Å². The Hall–Kier alpha value is -0.500. The standard InChI is InChI=1S/C5H5ClO2/c1-3-2-4(6)8-5(3)7/h4H,1-2H2. The molecule has 2 nitrogen and oxygen atoms in total. The van der Waals surface area contributed by atoms with Crippen LogP contribution in [0.5, 0.6) is 0 Å². The summed E-state index contributed by atoms with van der Waals surface area (Å²) in [5.74, 6) is -0.370. The minimum atomic E-state index is -0.477. The Kier molecular flexibility index (Phi) is 1.26. The van der Waals surface area contributed by atoms with E-state index in [9.17, 15) is 4.79 Å². The van der Waals surface area contributed by atoms with Gasteiger partial charge >= 0.3 is 5.97 Å². The summed E-state index contributed by atoms with van der Waals surface area (Å²) in [7, 11) is 0. The first kappa shape index (κ1) is 5.63. The summed E-state index contributed by atoms with van der Waals surface area (Å²) < 4.78 is 4.50. The molecule has 1 atom stereocenters. The van der Waals surface area contributed by atoms with Gasteiger partial charge in [-0.3, -0.25) is 0 Å². The average Bonchev–Trinajstić information content (AvgIpc) is 1.85. The molecule has 0 spiro atoms. The van der Waals surface area contributed by atoms with Crippen molar-refractivity contribution in [2.24, 2.45) is 0 Å². The van der Waals surface area contributed by atoms with Crippen LogP contribution in [-0.4, -0.2) is 11.5 Å². The molecule has 0 aromatic carbocycles. The zero-order chi connectivity index (χ0) is 6.15. The Bertz CT molecular complexity index is 125. The predicted molar refractivity (Wildman–Crippen MR) is 29.5 cm³/mol. The molecule has 8 heavy (non-hydrogen) atoms. The molecule has 0 aromatic heterocycles. The quantitative estimate of drug-likeness (QED) is 0.280. The van der Waals surface area contributed by atoms with Crippen molar-refractivity contribution in [1.82, 2.24) is 0 Å². The molecule has 0 aromatic rings. The number of halogens is 1. The van der Waals surface area contributed by atoms with Crippen LogP contribution in [0.3, 0.4) is 0 Å². The molecule has 3 heteroatoms. The Morgan fingerprint density at radius 3 is 2.62 bits per heavy atom. The zero-order valence-electron chi connectivity index (χ0n) is 4.19. The summed E-state index contributed by atoms with van der Waals surface area (Å²) in [6.45, 7) is 3.43. The van der Waals surface area contributed by atoms with Gasteiger partial charge in [0, 0.05) is 12.0 Å². The van der Waals surface area contributed by atoms with Crippen molar-refractivity contribution in [2.45, 2.75) is 12.0 Å². The highest BCUT2D eigenvalue weighted by Gasteiger charge is 2.24. The number of hydrogen-bond donors (Lipinski definition) is 0. The van der Waals surface area contributed by atoms with Gasteiger partial charge in [0.1, 0.15) is 0 Å². The van der Waals surface area contributed by atoms with Crippen molar-refractivity contribution < 1.29 is 9.53 Å². The molecule has 44 valence electrons. The van der Waals surface area contributed by atoms with Crippen LogP contribution in [0.1, 0.15) is 6.42 Å². The lowest BCUT2D eigenvalue weighted by molar-refractivity contribution is -0.136. The van der Waals surface area contributed by atoms with Crippen molar-refractivity contribution >= 4 is 17.6 Å². The first-order valence-electron chi connectivity index (χ1n) is 2.23. The number of carbonyl (C=O) groups is 1. The van der Waals surface area contributed by atoms with E-state index in [0.717, 1.165) is 0 Å². The monoisotopic (exact) mass is 132 g/mol. The SMILES string of the molecule is C=C1CC(Cl)OC1=O. The topological polar surface area (TPSA) is 26.3 Å². The third-order valence-electron chi connectivity index (χ3n) is 0.930. The van der Waals surface area contributed by atoms with E-state index < -0.39 is 5.56 Å². The van der Waals surface area contributed by atoms with Gasteiger partial charge in [-0.1, -0.05) is 18.2 Å². The van der Waals surface area contributed by atoms with Crippen molar-refractivity contribution in [2.75, 3.05) is 0 Å². The van der Waals surface area contributed by atoms with E-state index in [1.54, 1.807) is 0 Å². The van der Waals surface area contributed by atoms with Crippen molar-refractivity contribution in [3.05, 3.63) is 12.2 Å². The van der Waals surface area contributed by atoms with E-state index in [1.165, 1.54) is 0 Å². The Labute approximate surface area is 52.1 Å². The molecule has 1 rings (SSSR count). The Morgan fingerprint density at radius 1 is 1.88 bits per heavy atom. The fourth-order valence-electron chi connectivity index (χ4n) is 0.518. The lowest BCUT2D eigenvalue weighted by Gasteiger charge is -1.92. The molecule has 0 N–H and O–H groups in total. The van der Waals surface area contributed by atoms with Crippen LogP contribution in [0.15, 0.2) is 12.2 Å². The third kappa shape index (κ3) is 0.842. The van der Waals surface area contributed by atoms with Crippen LogP contribution in [0.25, 0.3) is 0 Å². The Morgan fingerprint density at radius 2 is 2.50 bits per heavy atom. The minimum absolute atomic E-state index is 0.370. The lowest BCUT2D eigenvalue weighted by Crippen LogP contribution is -1.96. The fraction of sp³-hybridized carbons (Fsp3) is 0.400. The number of ether oxygens (including phenoxy) is 1. The highest BCUT2D eigenvalue weighted by atomic mass is 35.5. The molecule has 1 heterocycles. The molecular weight excluding hydrogens is 128 g/mol. The van der Waals surface area contributed by atoms with Crippen LogP contribution >= 0.6 is 11.6 Å². The summed E-state index contributed by atoms with van der Waals surface area (Å²) in [6, 6.07) is 0. The molecule has 0 saturated carbocycles. The second kappa shape index (κ2) is 1.78. The van der Waals surface area contributed by atoms with E-state index in [1.807, 2.05) is 0 Å². The number of esters is 1. The summed E-state index contributed by atoms with van der Waals surface area (Å²) in [6.07, 6.45) is 0.459. The van der Waals surface area contributed by atoms with Gasteiger partial charge in [0.2, 0.25) is 0 Å². The van der Waals surface area contributed by atoms with E-state index in [2.05, 4.69) is 11.3 Å². The number of hydrogen-bond acceptors (Lipinski definition) is 2. The fourth-order valence-corrected chi connectivity index (χ4v) is 0.785. The normalized spacial score (nSPS) is 28.4. The van der Waals surface area contributed by atoms with Gasteiger partial charge in [0.15, 0.2) is 5.56 Å². The van der Waals surface area contributed by atoms with Gasteiger partial charge in [-0.2, -0.15) is 0 Å². The van der Waals surface area contributed by atoms with Crippen LogP contribution < -0.4 is 0 Å². The summed E-state index contributed by atoms with van der Waals surface area (Å²) >= 11 is 5.40. The van der Waals surface area contributed by atoms with Crippen LogP contribution in [0.2, 0.25) is 0 Å². The van der Waals surface area contributed by atoms with Gasteiger partial charge in [0.05, 0.1) is 0 Å². The maximum absolute atomic E-state index is 10.4. The van der Waals surface area contributed by atoms with Crippen molar-refractivity contribution in [1.29, 1.82) is 0 Å². The van der Waals surface area contributed by atoms with E-state index in [0.29, 0.717) is 12.0 Å². The molecule has 0 amide bonds. The van der Waals surface area contributed by atoms with Crippen molar-refractivity contribution in [3.63, 3.8) is 0 Å². The highest BCUT2D eigenvalue weighted by molar-refractivity contribution is 6.21. The second-order valence-electron chi connectivity index (χ2n) is 1.62. The van der Waals surface area contributed by atoms with Gasteiger partial charge in [-0.15, -0.1) is 0 Å². The number of alkyl halides is 1. The highest BCUT2D eigenvalue weighted by Crippen LogP contribution is 2.20. The Balaban J connectivity index is 2.64. The molecule has 1 unspecified atom stereocenters. The third-order valence-corrected chi connectivity index (χ3v) is 1.17. The molecular formula is C5H5ClO2. The molecule has 0 radical (unpaired) electrons. The average molecular weight is 133 g/mol. The predicted octanol–water partition coefficient (Wildman–Crippen LogP) is 1.05. The molecule has 1 aliphatic heterocycles. The maximum Gasteiger partial charge on any atom is 0.335 e. The second-order valence-corrected chi connectivity index (χ2v) is 2.11. The molecule has 1 saturated heterocycles.